The zero-order valence-corrected chi connectivity index (χ0v) is 15.3. The van der Waals surface area contributed by atoms with E-state index in [0.717, 1.165) is 24.8 Å². The molecule has 1 saturated heterocycles. The SMILES string of the molecule is COc1ccc(CC2CN(C)CCC2NC2CC2)c(OC)c1OC. The van der Waals surface area contributed by atoms with Crippen LogP contribution in [0.15, 0.2) is 12.1 Å². The summed E-state index contributed by atoms with van der Waals surface area (Å²) >= 11 is 0. The van der Waals surface area contributed by atoms with Crippen molar-refractivity contribution in [1.29, 1.82) is 0 Å². The molecule has 2 unspecified atom stereocenters. The highest BCUT2D eigenvalue weighted by atomic mass is 16.5. The lowest BCUT2D eigenvalue weighted by Gasteiger charge is -2.38. The van der Waals surface area contributed by atoms with E-state index in [1.807, 2.05) is 6.07 Å². The second-order valence-electron chi connectivity index (χ2n) is 7.06. The van der Waals surface area contributed by atoms with Gasteiger partial charge in [0.25, 0.3) is 0 Å². The Kier molecular flexibility index (Phi) is 5.51. The molecule has 0 spiro atoms. The standard InChI is InChI=1S/C19H30N2O3/c1-21-10-9-16(20-15-6-7-15)14(12-21)11-13-5-8-17(22-2)19(24-4)18(13)23-3/h5,8,14-16,20H,6-7,9-12H2,1-4H3. The highest BCUT2D eigenvalue weighted by Crippen LogP contribution is 2.41. The zero-order valence-electron chi connectivity index (χ0n) is 15.3. The average molecular weight is 334 g/mol. The highest BCUT2D eigenvalue weighted by Gasteiger charge is 2.33. The van der Waals surface area contributed by atoms with Gasteiger partial charge in [-0.05, 0) is 56.8 Å². The van der Waals surface area contributed by atoms with Crippen LogP contribution in [0.4, 0.5) is 0 Å². The van der Waals surface area contributed by atoms with Crippen molar-refractivity contribution in [2.75, 3.05) is 41.5 Å². The number of hydrogen-bond donors (Lipinski definition) is 1. The maximum atomic E-state index is 5.67. The van der Waals surface area contributed by atoms with Crippen LogP contribution in [-0.2, 0) is 6.42 Å². The van der Waals surface area contributed by atoms with Gasteiger partial charge in [0.15, 0.2) is 11.5 Å². The van der Waals surface area contributed by atoms with E-state index >= 15 is 0 Å². The van der Waals surface area contributed by atoms with Crippen LogP contribution in [0.3, 0.4) is 0 Å². The molecule has 134 valence electrons. The van der Waals surface area contributed by atoms with Crippen LogP contribution >= 0.6 is 0 Å². The van der Waals surface area contributed by atoms with E-state index in [1.165, 1.54) is 31.4 Å². The molecule has 0 aromatic heterocycles. The second-order valence-corrected chi connectivity index (χ2v) is 7.06. The van der Waals surface area contributed by atoms with Crippen molar-refractivity contribution in [2.24, 2.45) is 5.92 Å². The van der Waals surface area contributed by atoms with Crippen molar-refractivity contribution in [3.63, 3.8) is 0 Å². The monoisotopic (exact) mass is 334 g/mol. The summed E-state index contributed by atoms with van der Waals surface area (Å²) in [6, 6.07) is 5.43. The fraction of sp³-hybridized carbons (Fsp3) is 0.684. The number of nitrogens with one attached hydrogen (secondary N) is 1. The third-order valence-electron chi connectivity index (χ3n) is 5.23. The number of rotatable bonds is 7. The predicted octanol–water partition coefficient (Wildman–Crippen LogP) is 2.33. The highest BCUT2D eigenvalue weighted by molar-refractivity contribution is 5.55. The van der Waals surface area contributed by atoms with E-state index in [0.29, 0.717) is 23.5 Å². The molecule has 1 N–H and O–H groups in total. The van der Waals surface area contributed by atoms with Crippen LogP contribution in [-0.4, -0.2) is 58.5 Å². The van der Waals surface area contributed by atoms with Crippen LogP contribution in [0.25, 0.3) is 0 Å². The molecule has 2 fully saturated rings. The first kappa shape index (κ1) is 17.4. The third-order valence-corrected chi connectivity index (χ3v) is 5.23. The molecule has 24 heavy (non-hydrogen) atoms. The minimum Gasteiger partial charge on any atom is -0.493 e. The number of methoxy groups -OCH3 is 3. The van der Waals surface area contributed by atoms with E-state index in [-0.39, 0.29) is 0 Å². The Morgan fingerprint density at radius 2 is 1.79 bits per heavy atom. The van der Waals surface area contributed by atoms with Gasteiger partial charge in [0.05, 0.1) is 21.3 Å². The normalized spacial score (nSPS) is 24.7. The Morgan fingerprint density at radius 3 is 2.42 bits per heavy atom. The van der Waals surface area contributed by atoms with Crippen LogP contribution in [0.2, 0.25) is 0 Å². The molecule has 1 aromatic rings. The third kappa shape index (κ3) is 3.78. The van der Waals surface area contributed by atoms with Crippen LogP contribution in [0.5, 0.6) is 17.2 Å². The van der Waals surface area contributed by atoms with Gasteiger partial charge in [-0.1, -0.05) is 6.07 Å². The van der Waals surface area contributed by atoms with Crippen molar-refractivity contribution < 1.29 is 14.2 Å². The molecule has 3 rings (SSSR count). The van der Waals surface area contributed by atoms with Gasteiger partial charge in [0.2, 0.25) is 5.75 Å². The Balaban J connectivity index is 1.81. The van der Waals surface area contributed by atoms with Gasteiger partial charge < -0.3 is 24.4 Å². The topological polar surface area (TPSA) is 43.0 Å². The van der Waals surface area contributed by atoms with Gasteiger partial charge in [-0.15, -0.1) is 0 Å². The molecule has 5 nitrogen and oxygen atoms in total. The molecule has 2 aliphatic rings. The van der Waals surface area contributed by atoms with Crippen LogP contribution < -0.4 is 19.5 Å². The summed E-state index contributed by atoms with van der Waals surface area (Å²) in [5, 5.41) is 3.85. The van der Waals surface area contributed by atoms with E-state index in [9.17, 15) is 0 Å². The van der Waals surface area contributed by atoms with Gasteiger partial charge in [-0.2, -0.15) is 0 Å². The lowest BCUT2D eigenvalue weighted by atomic mass is 9.86. The van der Waals surface area contributed by atoms with Crippen molar-refractivity contribution in [3.8, 4) is 17.2 Å². The first-order valence-corrected chi connectivity index (χ1v) is 8.88. The fourth-order valence-corrected chi connectivity index (χ4v) is 3.80. The smallest absolute Gasteiger partial charge is 0.203 e. The van der Waals surface area contributed by atoms with E-state index in [1.54, 1.807) is 21.3 Å². The molecular formula is C19H30N2O3. The molecule has 1 aliphatic carbocycles. The minimum absolute atomic E-state index is 0.580. The molecule has 1 aliphatic heterocycles. The van der Waals surface area contributed by atoms with E-state index < -0.39 is 0 Å². The van der Waals surface area contributed by atoms with E-state index in [2.05, 4.69) is 23.3 Å². The molecule has 0 amide bonds. The number of nitrogens with zero attached hydrogens (tertiary/aromatic N) is 1. The van der Waals surface area contributed by atoms with Crippen LogP contribution in [0, 0.1) is 5.92 Å². The van der Waals surface area contributed by atoms with Gasteiger partial charge in [0.1, 0.15) is 0 Å². The van der Waals surface area contributed by atoms with Crippen molar-refractivity contribution in [2.45, 2.75) is 37.8 Å². The molecule has 2 atom stereocenters. The molecule has 0 bridgehead atoms. The van der Waals surface area contributed by atoms with E-state index in [4.69, 9.17) is 14.2 Å². The summed E-state index contributed by atoms with van der Waals surface area (Å²) in [6.07, 6.45) is 4.86. The number of likely N-dealkylation sites (tertiary alicyclic amines) is 1. The average Bonchev–Trinajstić information content (AvgIpc) is 3.40. The number of piperidine rings is 1. The summed E-state index contributed by atoms with van der Waals surface area (Å²) < 4.78 is 16.6. The maximum absolute atomic E-state index is 5.67. The molecule has 5 heteroatoms. The van der Waals surface area contributed by atoms with Gasteiger partial charge in [-0.25, -0.2) is 0 Å². The summed E-state index contributed by atoms with van der Waals surface area (Å²) in [5.74, 6) is 2.78. The first-order valence-electron chi connectivity index (χ1n) is 8.88. The zero-order chi connectivity index (χ0) is 17.1. The van der Waals surface area contributed by atoms with Crippen molar-refractivity contribution in [3.05, 3.63) is 17.7 Å². The fourth-order valence-electron chi connectivity index (χ4n) is 3.80. The Morgan fingerprint density at radius 1 is 1.04 bits per heavy atom. The van der Waals surface area contributed by atoms with Crippen molar-refractivity contribution >= 4 is 0 Å². The lowest BCUT2D eigenvalue weighted by Crippen LogP contribution is -2.49. The molecule has 0 radical (unpaired) electrons. The summed E-state index contributed by atoms with van der Waals surface area (Å²) in [5.41, 5.74) is 1.19. The second kappa shape index (κ2) is 7.62. The summed E-state index contributed by atoms with van der Waals surface area (Å²) in [7, 11) is 7.23. The molecule has 1 heterocycles. The van der Waals surface area contributed by atoms with Crippen molar-refractivity contribution in [1.82, 2.24) is 10.2 Å². The number of hydrogen-bond acceptors (Lipinski definition) is 5. The maximum Gasteiger partial charge on any atom is 0.203 e. The van der Waals surface area contributed by atoms with Crippen LogP contribution in [0.1, 0.15) is 24.8 Å². The van der Waals surface area contributed by atoms with Gasteiger partial charge in [-0.3, -0.25) is 0 Å². The number of ether oxygens (including phenoxy) is 3. The summed E-state index contributed by atoms with van der Waals surface area (Å²) in [4.78, 5) is 2.43. The largest absolute Gasteiger partial charge is 0.493 e. The Hall–Kier alpha value is -1.46. The number of benzene rings is 1. The minimum atomic E-state index is 0.580. The predicted molar refractivity (Wildman–Crippen MR) is 95.4 cm³/mol. The molecule has 1 saturated carbocycles. The Labute approximate surface area is 145 Å². The quantitative estimate of drug-likeness (QED) is 0.829. The first-order chi connectivity index (χ1) is 11.7. The Bertz CT molecular complexity index is 560. The summed E-state index contributed by atoms with van der Waals surface area (Å²) in [6.45, 7) is 2.28. The lowest BCUT2D eigenvalue weighted by molar-refractivity contribution is 0.161. The molecular weight excluding hydrogens is 304 g/mol. The van der Waals surface area contributed by atoms with Gasteiger partial charge >= 0.3 is 0 Å². The van der Waals surface area contributed by atoms with Gasteiger partial charge in [0, 0.05) is 18.6 Å². The molecule has 1 aromatic carbocycles.